The van der Waals surface area contributed by atoms with Crippen LogP contribution >= 0.6 is 0 Å². The summed E-state index contributed by atoms with van der Waals surface area (Å²) in [6.45, 7) is 7.78. The molecule has 2 aromatic rings. The van der Waals surface area contributed by atoms with Crippen LogP contribution in [-0.2, 0) is 13.0 Å². The van der Waals surface area contributed by atoms with Gasteiger partial charge in [-0.1, -0.05) is 19.0 Å². The van der Waals surface area contributed by atoms with Gasteiger partial charge in [-0.25, -0.2) is 0 Å². The van der Waals surface area contributed by atoms with Crippen molar-refractivity contribution in [2.45, 2.75) is 52.6 Å². The van der Waals surface area contributed by atoms with Gasteiger partial charge in [-0.3, -0.25) is 4.68 Å². The van der Waals surface area contributed by atoms with E-state index >= 15 is 0 Å². The van der Waals surface area contributed by atoms with Gasteiger partial charge in [0.25, 0.3) is 0 Å². The van der Waals surface area contributed by atoms with Crippen molar-refractivity contribution in [2.75, 3.05) is 6.54 Å². The van der Waals surface area contributed by atoms with E-state index in [4.69, 9.17) is 4.52 Å². The molecule has 110 valence electrons. The minimum absolute atomic E-state index is 0.505. The molecule has 0 atom stereocenters. The van der Waals surface area contributed by atoms with Gasteiger partial charge < -0.3 is 9.84 Å². The number of nitrogens with zero attached hydrogens (tertiary/aromatic N) is 4. The average Bonchev–Trinajstić information content (AvgIpc) is 3.06. The zero-order chi connectivity index (χ0) is 14.4. The molecule has 0 aromatic carbocycles. The van der Waals surface area contributed by atoms with E-state index in [1.165, 1.54) is 0 Å². The second-order valence-electron chi connectivity index (χ2n) is 4.92. The summed E-state index contributed by atoms with van der Waals surface area (Å²) in [4.78, 5) is 4.17. The Kier molecular flexibility index (Phi) is 5.29. The fraction of sp³-hybridized carbons (Fsp3) is 0.643. The number of hydrogen-bond acceptors (Lipinski definition) is 5. The molecular weight excluding hydrogens is 254 g/mol. The Morgan fingerprint density at radius 1 is 1.35 bits per heavy atom. The minimum Gasteiger partial charge on any atom is -0.339 e. The summed E-state index contributed by atoms with van der Waals surface area (Å²) in [7, 11) is 0. The molecule has 0 aliphatic carbocycles. The standard InChI is InChI=1S/C14H23N5O/c1-4-13(5-2)19-9-7-12(17-19)10-15-8-6-14-16-11(3)18-20-14/h7,9,13,15H,4-6,8,10H2,1-3H3. The lowest BCUT2D eigenvalue weighted by Crippen LogP contribution is -2.17. The maximum absolute atomic E-state index is 5.06. The first-order valence-electron chi connectivity index (χ1n) is 7.26. The number of nitrogens with one attached hydrogen (secondary N) is 1. The number of rotatable bonds is 8. The van der Waals surface area contributed by atoms with E-state index in [0.29, 0.717) is 17.8 Å². The number of aryl methyl sites for hydroxylation is 1. The third kappa shape index (κ3) is 3.90. The molecule has 0 aliphatic rings. The molecule has 0 spiro atoms. The SMILES string of the molecule is CCC(CC)n1ccc(CNCCc2nc(C)no2)n1. The Morgan fingerprint density at radius 2 is 2.15 bits per heavy atom. The fourth-order valence-electron chi connectivity index (χ4n) is 2.19. The van der Waals surface area contributed by atoms with Gasteiger partial charge in [-0.2, -0.15) is 10.1 Å². The van der Waals surface area contributed by atoms with E-state index in [0.717, 1.165) is 38.0 Å². The molecule has 2 aromatic heterocycles. The highest BCUT2D eigenvalue weighted by atomic mass is 16.5. The molecular formula is C14H23N5O. The first-order valence-corrected chi connectivity index (χ1v) is 7.26. The summed E-state index contributed by atoms with van der Waals surface area (Å²) in [5.74, 6) is 1.36. The second-order valence-corrected chi connectivity index (χ2v) is 4.92. The van der Waals surface area contributed by atoms with Crippen LogP contribution in [0.25, 0.3) is 0 Å². The Balaban J connectivity index is 1.74. The Morgan fingerprint density at radius 3 is 2.80 bits per heavy atom. The summed E-state index contributed by atoms with van der Waals surface area (Å²) in [5, 5.41) is 11.7. The fourth-order valence-corrected chi connectivity index (χ4v) is 2.19. The van der Waals surface area contributed by atoms with Crippen molar-refractivity contribution < 1.29 is 4.52 Å². The smallest absolute Gasteiger partial charge is 0.227 e. The molecule has 0 bridgehead atoms. The van der Waals surface area contributed by atoms with Gasteiger partial charge in [0, 0.05) is 25.7 Å². The van der Waals surface area contributed by atoms with Crippen molar-refractivity contribution in [1.82, 2.24) is 25.2 Å². The average molecular weight is 277 g/mol. The molecule has 0 unspecified atom stereocenters. The van der Waals surface area contributed by atoms with Gasteiger partial charge in [0.05, 0.1) is 11.7 Å². The van der Waals surface area contributed by atoms with Crippen molar-refractivity contribution >= 4 is 0 Å². The Hall–Kier alpha value is -1.69. The molecule has 0 radical (unpaired) electrons. The molecule has 1 N–H and O–H groups in total. The lowest BCUT2D eigenvalue weighted by atomic mass is 10.2. The summed E-state index contributed by atoms with van der Waals surface area (Å²) >= 11 is 0. The zero-order valence-corrected chi connectivity index (χ0v) is 12.5. The van der Waals surface area contributed by atoms with Crippen LogP contribution in [0.2, 0.25) is 0 Å². The first-order chi connectivity index (χ1) is 9.72. The second kappa shape index (κ2) is 7.19. The van der Waals surface area contributed by atoms with Crippen LogP contribution in [0.3, 0.4) is 0 Å². The monoisotopic (exact) mass is 277 g/mol. The van der Waals surface area contributed by atoms with Crippen LogP contribution < -0.4 is 5.32 Å². The lowest BCUT2D eigenvalue weighted by molar-refractivity contribution is 0.372. The summed E-state index contributed by atoms with van der Waals surface area (Å²) in [6, 6.07) is 2.58. The van der Waals surface area contributed by atoms with Crippen molar-refractivity contribution in [3.8, 4) is 0 Å². The quantitative estimate of drug-likeness (QED) is 0.750. The normalized spacial score (nSPS) is 11.4. The summed E-state index contributed by atoms with van der Waals surface area (Å²) < 4.78 is 7.13. The van der Waals surface area contributed by atoms with Crippen molar-refractivity contribution in [2.24, 2.45) is 0 Å². The van der Waals surface area contributed by atoms with Crippen molar-refractivity contribution in [3.63, 3.8) is 0 Å². The van der Waals surface area contributed by atoms with Crippen molar-refractivity contribution in [3.05, 3.63) is 29.7 Å². The van der Waals surface area contributed by atoms with Crippen LogP contribution in [0.1, 0.15) is 50.1 Å². The largest absolute Gasteiger partial charge is 0.339 e. The van der Waals surface area contributed by atoms with E-state index in [9.17, 15) is 0 Å². The number of aromatic nitrogens is 4. The highest BCUT2D eigenvalue weighted by molar-refractivity contribution is 4.99. The molecule has 0 fully saturated rings. The highest BCUT2D eigenvalue weighted by Crippen LogP contribution is 2.14. The molecule has 0 saturated carbocycles. The molecule has 20 heavy (non-hydrogen) atoms. The van der Waals surface area contributed by atoms with Gasteiger partial charge in [0.15, 0.2) is 5.82 Å². The van der Waals surface area contributed by atoms with E-state index in [1.807, 2.05) is 6.92 Å². The molecule has 6 nitrogen and oxygen atoms in total. The maximum atomic E-state index is 5.06. The van der Waals surface area contributed by atoms with Crippen LogP contribution in [0, 0.1) is 6.92 Å². The molecule has 2 rings (SSSR count). The number of hydrogen-bond donors (Lipinski definition) is 1. The van der Waals surface area contributed by atoms with E-state index < -0.39 is 0 Å². The predicted octanol–water partition coefficient (Wildman–Crippen LogP) is 2.27. The highest BCUT2D eigenvalue weighted by Gasteiger charge is 2.07. The molecule has 2 heterocycles. The Labute approximate surface area is 119 Å². The molecule has 0 aliphatic heterocycles. The molecule has 6 heteroatoms. The van der Waals surface area contributed by atoms with Crippen LogP contribution in [0.5, 0.6) is 0 Å². The van der Waals surface area contributed by atoms with Crippen LogP contribution in [-0.4, -0.2) is 26.5 Å². The molecule has 0 saturated heterocycles. The minimum atomic E-state index is 0.505. The van der Waals surface area contributed by atoms with Gasteiger partial charge in [-0.15, -0.1) is 0 Å². The molecule has 0 amide bonds. The van der Waals surface area contributed by atoms with Crippen LogP contribution in [0.4, 0.5) is 0 Å². The lowest BCUT2D eigenvalue weighted by Gasteiger charge is -2.12. The van der Waals surface area contributed by atoms with E-state index in [2.05, 4.69) is 51.3 Å². The van der Waals surface area contributed by atoms with Gasteiger partial charge >= 0.3 is 0 Å². The Bertz CT molecular complexity index is 515. The third-order valence-corrected chi connectivity index (χ3v) is 3.37. The zero-order valence-electron chi connectivity index (χ0n) is 12.5. The van der Waals surface area contributed by atoms with Crippen molar-refractivity contribution in [1.29, 1.82) is 0 Å². The van der Waals surface area contributed by atoms with Crippen LogP contribution in [0.15, 0.2) is 16.8 Å². The van der Waals surface area contributed by atoms with E-state index in [-0.39, 0.29) is 0 Å². The maximum Gasteiger partial charge on any atom is 0.227 e. The predicted molar refractivity (Wildman–Crippen MR) is 76.3 cm³/mol. The van der Waals surface area contributed by atoms with Gasteiger partial charge in [0.1, 0.15) is 0 Å². The third-order valence-electron chi connectivity index (χ3n) is 3.37. The van der Waals surface area contributed by atoms with Gasteiger partial charge in [-0.05, 0) is 25.8 Å². The van der Waals surface area contributed by atoms with Gasteiger partial charge in [0.2, 0.25) is 5.89 Å². The van der Waals surface area contributed by atoms with E-state index in [1.54, 1.807) is 0 Å². The summed E-state index contributed by atoms with van der Waals surface area (Å²) in [5.41, 5.74) is 1.07. The first kappa shape index (κ1) is 14.7. The topological polar surface area (TPSA) is 68.8 Å². The summed E-state index contributed by atoms with van der Waals surface area (Å²) in [6.07, 6.45) is 5.03.